The van der Waals surface area contributed by atoms with Crippen molar-refractivity contribution < 1.29 is 5.11 Å². The van der Waals surface area contributed by atoms with Crippen LogP contribution in [0.4, 0.5) is 0 Å². The molecule has 108 valence electrons. The van der Waals surface area contributed by atoms with Crippen molar-refractivity contribution in [1.29, 1.82) is 0 Å². The van der Waals surface area contributed by atoms with Gasteiger partial charge in [0.05, 0.1) is 5.60 Å². The molecule has 1 saturated carbocycles. The first kappa shape index (κ1) is 13.1. The third-order valence-corrected chi connectivity index (χ3v) is 5.43. The lowest BCUT2D eigenvalue weighted by Crippen LogP contribution is -2.33. The Kier molecular flexibility index (Phi) is 3.11. The van der Waals surface area contributed by atoms with Gasteiger partial charge < -0.3 is 5.11 Å². The first-order valence-corrected chi connectivity index (χ1v) is 8.14. The van der Waals surface area contributed by atoms with Crippen molar-refractivity contribution >= 4 is 0 Å². The fraction of sp³-hybridized carbons (Fsp3) is 0.400. The first-order chi connectivity index (χ1) is 10.2. The van der Waals surface area contributed by atoms with E-state index in [0.717, 1.165) is 30.7 Å². The van der Waals surface area contributed by atoms with Gasteiger partial charge in [0.1, 0.15) is 0 Å². The maximum absolute atomic E-state index is 11.1. The van der Waals surface area contributed by atoms with E-state index in [1.54, 1.807) is 0 Å². The van der Waals surface area contributed by atoms with E-state index in [1.807, 2.05) is 0 Å². The number of hydrogen-bond donors (Lipinski definition) is 1. The third kappa shape index (κ3) is 2.30. The van der Waals surface area contributed by atoms with Crippen LogP contribution in [-0.4, -0.2) is 5.11 Å². The van der Waals surface area contributed by atoms with E-state index in [2.05, 4.69) is 48.5 Å². The second-order valence-corrected chi connectivity index (χ2v) is 6.73. The van der Waals surface area contributed by atoms with Crippen LogP contribution in [0.25, 0.3) is 0 Å². The quantitative estimate of drug-likeness (QED) is 0.867. The molecule has 0 aliphatic heterocycles. The summed E-state index contributed by atoms with van der Waals surface area (Å²) in [6, 6.07) is 17.3. The number of hydrogen-bond acceptors (Lipinski definition) is 1. The standard InChI is InChI=1S/C20H22O/c21-20(13-12-16-4-1-2-5-18(16)14-20)19-10-8-17(9-11-19)15-6-3-7-15/h1-2,4-5,8-11,15,21H,3,6-7,12-14H2. The van der Waals surface area contributed by atoms with Crippen LogP contribution in [0.1, 0.15) is 53.9 Å². The van der Waals surface area contributed by atoms with Gasteiger partial charge in [0, 0.05) is 6.42 Å². The van der Waals surface area contributed by atoms with Gasteiger partial charge >= 0.3 is 0 Å². The number of benzene rings is 2. The molecule has 0 saturated heterocycles. The van der Waals surface area contributed by atoms with Gasteiger partial charge in [-0.25, -0.2) is 0 Å². The predicted octanol–water partition coefficient (Wildman–Crippen LogP) is 4.33. The molecule has 4 rings (SSSR count). The Bertz CT molecular complexity index is 639. The zero-order chi connectivity index (χ0) is 14.3. The van der Waals surface area contributed by atoms with Gasteiger partial charge in [0.2, 0.25) is 0 Å². The molecule has 1 heteroatoms. The van der Waals surface area contributed by atoms with Crippen LogP contribution in [0, 0.1) is 0 Å². The summed E-state index contributed by atoms with van der Waals surface area (Å²) in [6.45, 7) is 0. The van der Waals surface area contributed by atoms with Crippen LogP contribution >= 0.6 is 0 Å². The van der Waals surface area contributed by atoms with E-state index in [9.17, 15) is 5.11 Å². The van der Waals surface area contributed by atoms with Crippen LogP contribution in [0.15, 0.2) is 48.5 Å². The van der Waals surface area contributed by atoms with Crippen molar-refractivity contribution in [2.75, 3.05) is 0 Å². The summed E-state index contributed by atoms with van der Waals surface area (Å²) in [5.41, 5.74) is 4.54. The molecule has 1 N–H and O–H groups in total. The van der Waals surface area contributed by atoms with Crippen LogP contribution in [0.3, 0.4) is 0 Å². The fourth-order valence-corrected chi connectivity index (χ4v) is 3.77. The van der Waals surface area contributed by atoms with Gasteiger partial charge in [0.15, 0.2) is 0 Å². The Labute approximate surface area is 126 Å². The van der Waals surface area contributed by atoms with Crippen molar-refractivity contribution in [3.05, 3.63) is 70.8 Å². The average Bonchev–Trinajstić information content (AvgIpc) is 2.46. The Balaban J connectivity index is 1.60. The third-order valence-electron chi connectivity index (χ3n) is 5.43. The van der Waals surface area contributed by atoms with Gasteiger partial charge in [-0.2, -0.15) is 0 Å². The van der Waals surface area contributed by atoms with Gasteiger partial charge in [0.25, 0.3) is 0 Å². The zero-order valence-corrected chi connectivity index (χ0v) is 12.4. The molecule has 2 aromatic rings. The van der Waals surface area contributed by atoms with Crippen molar-refractivity contribution in [3.8, 4) is 0 Å². The molecular weight excluding hydrogens is 256 g/mol. The Morgan fingerprint density at radius 1 is 0.905 bits per heavy atom. The smallest absolute Gasteiger partial charge is 0.0940 e. The molecule has 0 heterocycles. The van der Waals surface area contributed by atoms with E-state index < -0.39 is 5.60 Å². The highest BCUT2D eigenvalue weighted by Crippen LogP contribution is 2.39. The molecule has 1 fully saturated rings. The molecule has 2 aliphatic rings. The molecule has 0 aromatic heterocycles. The summed E-state index contributed by atoms with van der Waals surface area (Å²) in [6.07, 6.45) is 6.57. The van der Waals surface area contributed by atoms with E-state index in [4.69, 9.17) is 0 Å². The Morgan fingerprint density at radius 3 is 2.29 bits per heavy atom. The molecular formula is C20H22O. The van der Waals surface area contributed by atoms with Gasteiger partial charge in [-0.15, -0.1) is 0 Å². The molecule has 0 amide bonds. The fourth-order valence-electron chi connectivity index (χ4n) is 3.77. The molecule has 1 atom stereocenters. The predicted molar refractivity (Wildman–Crippen MR) is 85.4 cm³/mol. The SMILES string of the molecule is OC1(c2ccc(C3CCC3)cc2)CCc2ccccc2C1. The normalized spacial score (nSPS) is 25.2. The molecule has 1 unspecified atom stereocenters. The van der Waals surface area contributed by atoms with Crippen molar-refractivity contribution in [1.82, 2.24) is 0 Å². The van der Waals surface area contributed by atoms with Crippen LogP contribution in [0.2, 0.25) is 0 Å². The summed E-state index contributed by atoms with van der Waals surface area (Å²) >= 11 is 0. The number of fused-ring (bicyclic) bond motifs is 1. The Hall–Kier alpha value is -1.60. The highest BCUT2D eigenvalue weighted by atomic mass is 16.3. The molecule has 2 aromatic carbocycles. The van der Waals surface area contributed by atoms with Crippen LogP contribution < -0.4 is 0 Å². The summed E-state index contributed by atoms with van der Waals surface area (Å²) in [5, 5.41) is 11.1. The maximum Gasteiger partial charge on any atom is 0.0940 e. The zero-order valence-electron chi connectivity index (χ0n) is 12.4. The summed E-state index contributed by atoms with van der Waals surface area (Å²) < 4.78 is 0. The van der Waals surface area contributed by atoms with Crippen LogP contribution in [0.5, 0.6) is 0 Å². The number of rotatable bonds is 2. The number of aliphatic hydroxyl groups is 1. The van der Waals surface area contributed by atoms with Crippen molar-refractivity contribution in [3.63, 3.8) is 0 Å². The van der Waals surface area contributed by atoms with Crippen LogP contribution in [-0.2, 0) is 18.4 Å². The minimum atomic E-state index is -0.688. The lowest BCUT2D eigenvalue weighted by Gasteiger charge is -2.34. The summed E-state index contributed by atoms with van der Waals surface area (Å²) in [7, 11) is 0. The van der Waals surface area contributed by atoms with Gasteiger partial charge in [-0.1, -0.05) is 55.0 Å². The topological polar surface area (TPSA) is 20.2 Å². The molecule has 1 nitrogen and oxygen atoms in total. The number of aryl methyl sites for hydroxylation is 1. The minimum absolute atomic E-state index is 0.688. The highest BCUT2D eigenvalue weighted by molar-refractivity contribution is 5.37. The minimum Gasteiger partial charge on any atom is -0.385 e. The maximum atomic E-state index is 11.1. The van der Waals surface area contributed by atoms with E-state index in [1.165, 1.54) is 36.0 Å². The van der Waals surface area contributed by atoms with Gasteiger partial charge in [-0.3, -0.25) is 0 Å². The summed E-state index contributed by atoms with van der Waals surface area (Å²) in [5.74, 6) is 0.765. The van der Waals surface area contributed by atoms with E-state index >= 15 is 0 Å². The second kappa shape index (κ2) is 4.99. The summed E-state index contributed by atoms with van der Waals surface area (Å²) in [4.78, 5) is 0. The molecule has 21 heavy (non-hydrogen) atoms. The van der Waals surface area contributed by atoms with E-state index in [-0.39, 0.29) is 0 Å². The molecule has 0 spiro atoms. The monoisotopic (exact) mass is 278 g/mol. The molecule has 2 aliphatic carbocycles. The second-order valence-electron chi connectivity index (χ2n) is 6.73. The Morgan fingerprint density at radius 2 is 1.62 bits per heavy atom. The lowest BCUT2D eigenvalue weighted by atomic mass is 9.75. The van der Waals surface area contributed by atoms with E-state index in [0.29, 0.717) is 0 Å². The molecule has 0 radical (unpaired) electrons. The lowest BCUT2D eigenvalue weighted by molar-refractivity contribution is 0.0222. The largest absolute Gasteiger partial charge is 0.385 e. The van der Waals surface area contributed by atoms with Crippen molar-refractivity contribution in [2.24, 2.45) is 0 Å². The van der Waals surface area contributed by atoms with Crippen molar-refractivity contribution in [2.45, 2.75) is 50.0 Å². The average molecular weight is 278 g/mol. The first-order valence-electron chi connectivity index (χ1n) is 8.14. The van der Waals surface area contributed by atoms with Gasteiger partial charge in [-0.05, 0) is 53.9 Å². The highest BCUT2D eigenvalue weighted by Gasteiger charge is 2.33. The molecule has 0 bridgehead atoms.